The van der Waals surface area contributed by atoms with Gasteiger partial charge in [0.2, 0.25) is 5.95 Å². The number of aromatic nitrogens is 4. The van der Waals surface area contributed by atoms with Crippen molar-refractivity contribution in [2.24, 2.45) is 0 Å². The molecule has 12 heteroatoms. The Bertz CT molecular complexity index is 1400. The zero-order valence-electron chi connectivity index (χ0n) is 18.2. The molecule has 1 fully saturated rings. The summed E-state index contributed by atoms with van der Waals surface area (Å²) in [4.78, 5) is 34.9. The number of nitro groups is 1. The van der Waals surface area contributed by atoms with E-state index in [1.54, 1.807) is 10.9 Å². The van der Waals surface area contributed by atoms with Crippen molar-refractivity contribution < 1.29 is 14.8 Å². The van der Waals surface area contributed by atoms with Crippen molar-refractivity contribution in [3.8, 4) is 5.69 Å². The number of para-hydroxylation sites is 1. The minimum absolute atomic E-state index is 0.0288. The zero-order valence-corrected chi connectivity index (χ0v) is 19.0. The number of anilines is 2. The van der Waals surface area contributed by atoms with Crippen LogP contribution in [0.15, 0.2) is 42.6 Å². The zero-order chi connectivity index (χ0) is 23.8. The van der Waals surface area contributed by atoms with E-state index in [2.05, 4.69) is 15.4 Å². The average molecular weight is 480 g/mol. The number of fused-ring (bicyclic) bond motifs is 1. The Labute approximate surface area is 197 Å². The Morgan fingerprint density at radius 3 is 2.85 bits per heavy atom. The number of carbonyl (C=O) groups excluding carboxylic acids is 1. The van der Waals surface area contributed by atoms with Gasteiger partial charge in [0.1, 0.15) is 5.82 Å². The van der Waals surface area contributed by atoms with Crippen molar-refractivity contribution >= 4 is 45.0 Å². The van der Waals surface area contributed by atoms with E-state index in [4.69, 9.17) is 4.98 Å². The fraction of sp³-hybridized carbons (Fsp3) is 0.273. The lowest BCUT2D eigenvalue weighted by Crippen LogP contribution is -2.33. The predicted molar refractivity (Wildman–Crippen MR) is 128 cm³/mol. The van der Waals surface area contributed by atoms with Gasteiger partial charge in [0.05, 0.1) is 39.7 Å². The maximum atomic E-state index is 12.9. The number of benzene rings is 1. The van der Waals surface area contributed by atoms with E-state index in [1.807, 2.05) is 36.1 Å². The molecule has 2 N–H and O–H groups in total. The molecule has 174 valence electrons. The summed E-state index contributed by atoms with van der Waals surface area (Å²) in [5.41, 5.74) is 2.35. The number of aliphatic hydroxyl groups excluding tert-OH is 1. The van der Waals surface area contributed by atoms with Crippen LogP contribution in [0.25, 0.3) is 16.7 Å². The van der Waals surface area contributed by atoms with Crippen LogP contribution in [0.1, 0.15) is 28.1 Å². The molecule has 3 aromatic heterocycles. The summed E-state index contributed by atoms with van der Waals surface area (Å²) in [5.74, 6) is 0.129. The first-order valence-electron chi connectivity index (χ1n) is 10.7. The van der Waals surface area contributed by atoms with Crippen LogP contribution in [0.2, 0.25) is 0 Å². The monoisotopic (exact) mass is 479 g/mol. The van der Waals surface area contributed by atoms with Crippen LogP contribution in [-0.4, -0.2) is 54.9 Å². The number of rotatable bonds is 6. The van der Waals surface area contributed by atoms with Crippen LogP contribution in [0, 0.1) is 17.0 Å². The second kappa shape index (κ2) is 8.80. The molecule has 11 nitrogen and oxygen atoms in total. The Kier molecular flexibility index (Phi) is 5.67. The highest BCUT2D eigenvalue weighted by Gasteiger charge is 2.28. The van der Waals surface area contributed by atoms with E-state index >= 15 is 0 Å². The van der Waals surface area contributed by atoms with Crippen LogP contribution < -0.4 is 10.2 Å². The van der Waals surface area contributed by atoms with E-state index in [0.717, 1.165) is 35.4 Å². The lowest BCUT2D eigenvalue weighted by atomic mass is 10.2. The van der Waals surface area contributed by atoms with Crippen LogP contribution in [0.4, 0.5) is 16.8 Å². The van der Waals surface area contributed by atoms with Crippen molar-refractivity contribution in [2.75, 3.05) is 23.4 Å². The highest BCUT2D eigenvalue weighted by Crippen LogP contribution is 2.31. The molecule has 1 unspecified atom stereocenters. The molecular formula is C22H21N7O4S. The highest BCUT2D eigenvalue weighted by molar-refractivity contribution is 7.17. The maximum Gasteiger partial charge on any atom is 0.324 e. The molecule has 4 aromatic rings. The van der Waals surface area contributed by atoms with Gasteiger partial charge >= 0.3 is 5.00 Å². The molecule has 5 rings (SSSR count). The molecule has 1 amide bonds. The molecule has 34 heavy (non-hydrogen) atoms. The Morgan fingerprint density at radius 1 is 1.29 bits per heavy atom. The summed E-state index contributed by atoms with van der Waals surface area (Å²) >= 11 is 0.792. The molecule has 1 aromatic carbocycles. The lowest BCUT2D eigenvalue weighted by Gasteiger charge is -2.23. The molecule has 1 aliphatic rings. The molecule has 1 atom stereocenters. The topological polar surface area (TPSA) is 139 Å². The quantitative estimate of drug-likeness (QED) is 0.317. The largest absolute Gasteiger partial charge is 0.394 e. The van der Waals surface area contributed by atoms with Crippen molar-refractivity contribution in [3.63, 3.8) is 0 Å². The normalized spacial score (nSPS) is 15.7. The van der Waals surface area contributed by atoms with Crippen molar-refractivity contribution in [3.05, 3.63) is 63.1 Å². The number of hydrogen-bond donors (Lipinski definition) is 2. The third-order valence-electron chi connectivity index (χ3n) is 5.83. The van der Waals surface area contributed by atoms with Crippen LogP contribution >= 0.6 is 11.3 Å². The molecule has 0 radical (unpaired) electrons. The number of amides is 1. The van der Waals surface area contributed by atoms with Crippen LogP contribution in [0.5, 0.6) is 0 Å². The first-order chi connectivity index (χ1) is 16.5. The van der Waals surface area contributed by atoms with E-state index < -0.39 is 10.8 Å². The van der Waals surface area contributed by atoms with E-state index in [1.165, 1.54) is 12.1 Å². The smallest absolute Gasteiger partial charge is 0.324 e. The van der Waals surface area contributed by atoms with Gasteiger partial charge in [0, 0.05) is 12.6 Å². The second-order valence-electron chi connectivity index (χ2n) is 7.97. The van der Waals surface area contributed by atoms with E-state index in [-0.39, 0.29) is 28.3 Å². The van der Waals surface area contributed by atoms with Gasteiger partial charge in [-0.2, -0.15) is 15.1 Å². The first kappa shape index (κ1) is 21.9. The number of aliphatic hydroxyl groups is 1. The van der Waals surface area contributed by atoms with E-state index in [9.17, 15) is 20.0 Å². The first-order valence-corrected chi connectivity index (χ1v) is 11.5. The van der Waals surface area contributed by atoms with Gasteiger partial charge in [-0.25, -0.2) is 4.68 Å². The second-order valence-corrected chi connectivity index (χ2v) is 9.04. The fourth-order valence-electron chi connectivity index (χ4n) is 4.10. The standard InChI is InChI=1S/C22H21N7O4S/c1-13-5-2-3-7-16(13)28-20-15(11-23-28)19(24-21(31)17-8-9-18(34-17)29(32)33)25-22(26-20)27-10-4-6-14(27)12-30/h2-3,5,7-9,11,14,30H,4,6,10,12H2,1H3,(H,24,25,26,31). The summed E-state index contributed by atoms with van der Waals surface area (Å²) in [6.07, 6.45) is 3.30. The Morgan fingerprint density at radius 2 is 2.12 bits per heavy atom. The van der Waals surface area contributed by atoms with Crippen molar-refractivity contribution in [2.45, 2.75) is 25.8 Å². The minimum atomic E-state index is -0.531. The number of thiophene rings is 1. The molecule has 0 bridgehead atoms. The van der Waals surface area contributed by atoms with Crippen LogP contribution in [-0.2, 0) is 0 Å². The number of nitrogens with one attached hydrogen (secondary N) is 1. The SMILES string of the molecule is Cc1ccccc1-n1ncc2c(NC(=O)c3ccc([N+](=O)[O-])s3)nc(N3CCCC3CO)nc21. The molecular weight excluding hydrogens is 458 g/mol. The summed E-state index contributed by atoms with van der Waals surface area (Å²) in [7, 11) is 0. The van der Waals surface area contributed by atoms with Crippen molar-refractivity contribution in [1.82, 2.24) is 19.7 Å². The molecule has 4 heterocycles. The predicted octanol–water partition coefficient (Wildman–Crippen LogP) is 3.31. The number of aryl methyl sites for hydroxylation is 1. The summed E-state index contributed by atoms with van der Waals surface area (Å²) in [6, 6.07) is 10.3. The van der Waals surface area contributed by atoms with E-state index in [0.29, 0.717) is 23.5 Å². The fourth-order valence-corrected chi connectivity index (χ4v) is 4.82. The minimum Gasteiger partial charge on any atom is -0.394 e. The van der Waals surface area contributed by atoms with Gasteiger partial charge in [-0.1, -0.05) is 29.5 Å². The van der Waals surface area contributed by atoms with Gasteiger partial charge in [-0.15, -0.1) is 0 Å². The molecule has 1 saturated heterocycles. The molecule has 0 saturated carbocycles. The number of carbonyl (C=O) groups is 1. The number of nitrogens with zero attached hydrogens (tertiary/aromatic N) is 6. The van der Waals surface area contributed by atoms with Gasteiger partial charge in [0.25, 0.3) is 5.91 Å². The average Bonchev–Trinajstić information content (AvgIpc) is 3.58. The van der Waals surface area contributed by atoms with Gasteiger partial charge in [-0.3, -0.25) is 14.9 Å². The van der Waals surface area contributed by atoms with Gasteiger partial charge in [0.15, 0.2) is 5.65 Å². The number of hydrogen-bond acceptors (Lipinski definition) is 9. The lowest BCUT2D eigenvalue weighted by molar-refractivity contribution is -0.380. The maximum absolute atomic E-state index is 12.9. The third-order valence-corrected chi connectivity index (χ3v) is 6.87. The Balaban J connectivity index is 1.61. The Hall–Kier alpha value is -3.90. The molecule has 1 aliphatic heterocycles. The van der Waals surface area contributed by atoms with Crippen molar-refractivity contribution in [1.29, 1.82) is 0 Å². The van der Waals surface area contributed by atoms with Crippen LogP contribution in [0.3, 0.4) is 0 Å². The molecule has 0 aliphatic carbocycles. The summed E-state index contributed by atoms with van der Waals surface area (Å²) < 4.78 is 1.70. The summed E-state index contributed by atoms with van der Waals surface area (Å²) in [5, 5.41) is 28.5. The van der Waals surface area contributed by atoms with Gasteiger partial charge < -0.3 is 15.3 Å². The third kappa shape index (κ3) is 3.86. The van der Waals surface area contributed by atoms with Gasteiger partial charge in [-0.05, 0) is 37.5 Å². The highest BCUT2D eigenvalue weighted by atomic mass is 32.1. The summed E-state index contributed by atoms with van der Waals surface area (Å²) in [6.45, 7) is 2.62. The molecule has 0 spiro atoms.